The van der Waals surface area contributed by atoms with Crippen molar-refractivity contribution in [1.29, 1.82) is 0 Å². The van der Waals surface area contributed by atoms with E-state index in [9.17, 15) is 0 Å². The summed E-state index contributed by atoms with van der Waals surface area (Å²) in [4.78, 5) is 8.44. The third kappa shape index (κ3) is 1.52. The van der Waals surface area contributed by atoms with Crippen LogP contribution in [0.4, 0.5) is 0 Å². The minimum absolute atomic E-state index is 0.778. The van der Waals surface area contributed by atoms with Gasteiger partial charge < -0.3 is 0 Å². The van der Waals surface area contributed by atoms with Crippen LogP contribution in [-0.4, -0.2) is 13.2 Å². The first-order chi connectivity index (χ1) is 7.97. The summed E-state index contributed by atoms with van der Waals surface area (Å²) in [6.45, 7) is 1.56. The molecule has 0 aromatic heterocycles. The van der Waals surface area contributed by atoms with E-state index < -0.39 is 0 Å². The SMILES string of the molecule is C1COO1.c1ccc2c(c1)-c1ccccc1-2. The number of rotatable bonds is 0. The van der Waals surface area contributed by atoms with Crippen molar-refractivity contribution >= 4 is 0 Å². The normalized spacial score (nSPS) is 14.5. The Kier molecular flexibility index (Phi) is 2.44. The van der Waals surface area contributed by atoms with E-state index in [1.54, 1.807) is 0 Å². The number of fused-ring (bicyclic) bond motifs is 4. The lowest BCUT2D eigenvalue weighted by atomic mass is 9.81. The van der Waals surface area contributed by atoms with Gasteiger partial charge in [-0.15, -0.1) is 0 Å². The summed E-state index contributed by atoms with van der Waals surface area (Å²) in [6.07, 6.45) is 0. The highest BCUT2D eigenvalue weighted by Crippen LogP contribution is 2.46. The largest absolute Gasteiger partial charge is 0.234 e. The molecular formula is C14H12O2. The van der Waals surface area contributed by atoms with Gasteiger partial charge in [0, 0.05) is 0 Å². The van der Waals surface area contributed by atoms with Crippen molar-refractivity contribution in [3.63, 3.8) is 0 Å². The summed E-state index contributed by atoms with van der Waals surface area (Å²) < 4.78 is 0. The average Bonchev–Trinajstić information content (AvgIpc) is 2.23. The van der Waals surface area contributed by atoms with Crippen LogP contribution in [0.2, 0.25) is 0 Å². The van der Waals surface area contributed by atoms with E-state index in [1.165, 1.54) is 22.3 Å². The van der Waals surface area contributed by atoms with Gasteiger partial charge in [-0.3, -0.25) is 0 Å². The molecule has 0 unspecified atom stereocenters. The molecule has 2 nitrogen and oxygen atoms in total. The second kappa shape index (κ2) is 4.08. The van der Waals surface area contributed by atoms with Crippen molar-refractivity contribution in [2.24, 2.45) is 0 Å². The summed E-state index contributed by atoms with van der Waals surface area (Å²) in [5, 5.41) is 0. The molecule has 0 atom stereocenters. The summed E-state index contributed by atoms with van der Waals surface area (Å²) >= 11 is 0. The molecule has 0 radical (unpaired) electrons. The van der Waals surface area contributed by atoms with Crippen LogP contribution in [0.1, 0.15) is 0 Å². The summed E-state index contributed by atoms with van der Waals surface area (Å²) in [5.74, 6) is 0. The van der Waals surface area contributed by atoms with Crippen LogP contribution in [-0.2, 0) is 9.78 Å². The fraction of sp³-hybridized carbons (Fsp3) is 0.143. The number of hydrogen-bond donors (Lipinski definition) is 0. The highest BCUT2D eigenvalue weighted by atomic mass is 17.2. The lowest BCUT2D eigenvalue weighted by Gasteiger charge is -2.22. The molecule has 1 aliphatic heterocycles. The first kappa shape index (κ1) is 9.58. The maximum absolute atomic E-state index is 4.22. The van der Waals surface area contributed by atoms with Gasteiger partial charge in [0.1, 0.15) is 13.2 Å². The van der Waals surface area contributed by atoms with Gasteiger partial charge in [-0.2, -0.15) is 0 Å². The fourth-order valence-electron chi connectivity index (χ4n) is 1.93. The number of hydrogen-bond acceptors (Lipinski definition) is 2. The lowest BCUT2D eigenvalue weighted by Crippen LogP contribution is -2.14. The molecule has 0 bridgehead atoms. The van der Waals surface area contributed by atoms with Gasteiger partial charge in [0.05, 0.1) is 0 Å². The summed E-state index contributed by atoms with van der Waals surface area (Å²) in [5.41, 5.74) is 5.59. The molecule has 1 fully saturated rings. The fourth-order valence-corrected chi connectivity index (χ4v) is 1.93. The quantitative estimate of drug-likeness (QED) is 0.532. The van der Waals surface area contributed by atoms with Crippen molar-refractivity contribution in [2.75, 3.05) is 13.2 Å². The molecule has 2 aromatic rings. The van der Waals surface area contributed by atoms with Crippen LogP contribution in [0, 0.1) is 0 Å². The molecule has 2 heteroatoms. The molecule has 2 aromatic carbocycles. The molecule has 0 spiro atoms. The van der Waals surface area contributed by atoms with Gasteiger partial charge in [-0.1, -0.05) is 48.5 Å². The van der Waals surface area contributed by atoms with Crippen molar-refractivity contribution in [3.8, 4) is 22.3 Å². The van der Waals surface area contributed by atoms with Crippen molar-refractivity contribution < 1.29 is 9.78 Å². The van der Waals surface area contributed by atoms with Crippen molar-refractivity contribution in [1.82, 2.24) is 0 Å². The minimum Gasteiger partial charge on any atom is -0.234 e. The molecule has 0 amide bonds. The van der Waals surface area contributed by atoms with Crippen molar-refractivity contribution in [3.05, 3.63) is 48.5 Å². The van der Waals surface area contributed by atoms with E-state index in [-0.39, 0.29) is 0 Å². The Morgan fingerprint density at radius 2 is 0.812 bits per heavy atom. The molecule has 1 aliphatic carbocycles. The first-order valence-corrected chi connectivity index (χ1v) is 5.40. The first-order valence-electron chi connectivity index (χ1n) is 5.40. The zero-order chi connectivity index (χ0) is 10.8. The van der Waals surface area contributed by atoms with E-state index in [0.717, 1.165) is 13.2 Å². The monoisotopic (exact) mass is 212 g/mol. The van der Waals surface area contributed by atoms with Crippen LogP contribution in [0.3, 0.4) is 0 Å². The zero-order valence-corrected chi connectivity index (χ0v) is 8.85. The second-order valence-electron chi connectivity index (χ2n) is 3.74. The number of benzene rings is 2. The smallest absolute Gasteiger partial charge is 0.109 e. The van der Waals surface area contributed by atoms with E-state index in [4.69, 9.17) is 0 Å². The molecular weight excluding hydrogens is 200 g/mol. The molecule has 80 valence electrons. The van der Waals surface area contributed by atoms with Gasteiger partial charge in [0.25, 0.3) is 0 Å². The maximum Gasteiger partial charge on any atom is 0.109 e. The highest BCUT2D eigenvalue weighted by Gasteiger charge is 2.19. The van der Waals surface area contributed by atoms with E-state index in [0.29, 0.717) is 0 Å². The van der Waals surface area contributed by atoms with Crippen LogP contribution in [0.25, 0.3) is 22.3 Å². The molecule has 2 aliphatic rings. The third-order valence-electron chi connectivity index (χ3n) is 2.77. The zero-order valence-electron chi connectivity index (χ0n) is 8.85. The van der Waals surface area contributed by atoms with E-state index >= 15 is 0 Å². The van der Waals surface area contributed by atoms with Gasteiger partial charge in [-0.25, -0.2) is 9.78 Å². The van der Waals surface area contributed by atoms with Crippen molar-refractivity contribution in [2.45, 2.75) is 0 Å². The van der Waals surface area contributed by atoms with Gasteiger partial charge in [0.15, 0.2) is 0 Å². The topological polar surface area (TPSA) is 18.5 Å². The van der Waals surface area contributed by atoms with E-state index in [1.807, 2.05) is 0 Å². The van der Waals surface area contributed by atoms with Gasteiger partial charge in [0.2, 0.25) is 0 Å². The van der Waals surface area contributed by atoms with Crippen LogP contribution in [0.15, 0.2) is 48.5 Å². The summed E-state index contributed by atoms with van der Waals surface area (Å²) in [6, 6.07) is 17.1. The average molecular weight is 212 g/mol. The molecule has 0 N–H and O–H groups in total. The van der Waals surface area contributed by atoms with E-state index in [2.05, 4.69) is 58.3 Å². The Hall–Kier alpha value is -1.64. The minimum atomic E-state index is 0.778. The Balaban J connectivity index is 0.000000172. The standard InChI is InChI=1S/C12H8.C2H4O2/c1-2-6-10-9(5-1)11-7-3-4-8-12(10)11;1-2-4-3-1/h1-8H;1-2H2. The van der Waals surface area contributed by atoms with Crippen LogP contribution in [0.5, 0.6) is 0 Å². The summed E-state index contributed by atoms with van der Waals surface area (Å²) in [7, 11) is 0. The van der Waals surface area contributed by atoms with Gasteiger partial charge >= 0.3 is 0 Å². The molecule has 16 heavy (non-hydrogen) atoms. The molecule has 1 heterocycles. The Morgan fingerprint density at radius 3 is 1.00 bits per heavy atom. The lowest BCUT2D eigenvalue weighted by molar-refractivity contribution is -0.382. The maximum atomic E-state index is 4.22. The van der Waals surface area contributed by atoms with Gasteiger partial charge in [-0.05, 0) is 22.3 Å². The molecule has 0 saturated carbocycles. The Labute approximate surface area is 94.4 Å². The van der Waals surface area contributed by atoms with Crippen LogP contribution < -0.4 is 0 Å². The highest BCUT2D eigenvalue weighted by molar-refractivity contribution is 6.01. The second-order valence-corrected chi connectivity index (χ2v) is 3.74. The predicted octanol–water partition coefficient (Wildman–Crippen LogP) is 3.28. The third-order valence-corrected chi connectivity index (χ3v) is 2.77. The Bertz CT molecular complexity index is 398. The Morgan fingerprint density at radius 1 is 0.562 bits per heavy atom. The van der Waals surface area contributed by atoms with Crippen LogP contribution >= 0.6 is 0 Å². The molecule has 1 saturated heterocycles. The molecule has 4 rings (SSSR count). The predicted molar refractivity (Wildman–Crippen MR) is 62.8 cm³/mol.